The van der Waals surface area contributed by atoms with E-state index in [0.29, 0.717) is 17.5 Å². The average molecular weight is 273 g/mol. The van der Waals surface area contributed by atoms with E-state index in [0.717, 1.165) is 24.8 Å². The molecular weight excluding hydrogens is 257 g/mol. The summed E-state index contributed by atoms with van der Waals surface area (Å²) in [6.45, 7) is 1.80. The molecule has 2 aliphatic carbocycles. The number of anilines is 1. The van der Waals surface area contributed by atoms with Gasteiger partial charge >= 0.3 is 0 Å². The third-order valence-corrected chi connectivity index (χ3v) is 5.34. The van der Waals surface area contributed by atoms with Crippen LogP contribution in [-0.4, -0.2) is 11.8 Å². The van der Waals surface area contributed by atoms with Crippen molar-refractivity contribution < 1.29 is 14.0 Å². The standard InChI is InChI=1S/C16H16FNO2/c1-8-2-5-11(17)7-12(8)18-15(19)13-9-3-4-10(6-9)14(13)16(18)20/h2,5,7,9-10,13-14H,3-4,6H2,1H3/t9-,10-,13+,14+/m0/s1. The molecule has 1 aliphatic heterocycles. The van der Waals surface area contributed by atoms with Gasteiger partial charge < -0.3 is 0 Å². The van der Waals surface area contributed by atoms with E-state index in [9.17, 15) is 14.0 Å². The van der Waals surface area contributed by atoms with Gasteiger partial charge in [0.15, 0.2) is 0 Å². The highest BCUT2D eigenvalue weighted by atomic mass is 19.1. The summed E-state index contributed by atoms with van der Waals surface area (Å²) in [6, 6.07) is 4.27. The Labute approximate surface area is 116 Å². The minimum Gasteiger partial charge on any atom is -0.274 e. The molecular formula is C16H16FNO2. The highest BCUT2D eigenvalue weighted by Gasteiger charge is 2.61. The number of carbonyl (C=O) groups excluding carboxylic acids is 2. The zero-order valence-corrected chi connectivity index (χ0v) is 11.3. The van der Waals surface area contributed by atoms with Gasteiger partial charge in [-0.05, 0) is 55.7 Å². The fraction of sp³-hybridized carbons (Fsp3) is 0.500. The first-order valence-corrected chi connectivity index (χ1v) is 7.22. The van der Waals surface area contributed by atoms with Crippen molar-refractivity contribution in [3.8, 4) is 0 Å². The topological polar surface area (TPSA) is 37.4 Å². The number of aryl methyl sites for hydroxylation is 1. The molecule has 4 atom stereocenters. The van der Waals surface area contributed by atoms with Crippen LogP contribution in [0.3, 0.4) is 0 Å². The molecule has 4 heteroatoms. The van der Waals surface area contributed by atoms with Crippen LogP contribution in [0.5, 0.6) is 0 Å². The number of nitrogens with zero attached hydrogens (tertiary/aromatic N) is 1. The van der Waals surface area contributed by atoms with E-state index < -0.39 is 5.82 Å². The molecule has 0 spiro atoms. The highest BCUT2D eigenvalue weighted by molar-refractivity contribution is 6.22. The number of benzene rings is 1. The first-order valence-electron chi connectivity index (χ1n) is 7.22. The summed E-state index contributed by atoms with van der Waals surface area (Å²) in [5.74, 6) is -0.207. The molecule has 0 radical (unpaired) electrons. The maximum atomic E-state index is 13.5. The Balaban J connectivity index is 1.79. The SMILES string of the molecule is Cc1ccc(F)cc1N1C(=O)[C@@H]2[C@H]3CC[C@@H](C3)[C@H]2C1=O. The molecule has 0 unspecified atom stereocenters. The fourth-order valence-electron chi connectivity index (χ4n) is 4.47. The van der Waals surface area contributed by atoms with Gasteiger partial charge in [0.1, 0.15) is 5.82 Å². The quantitative estimate of drug-likeness (QED) is 0.738. The summed E-state index contributed by atoms with van der Waals surface area (Å²) >= 11 is 0. The van der Waals surface area contributed by atoms with E-state index in [1.165, 1.54) is 17.0 Å². The van der Waals surface area contributed by atoms with Gasteiger partial charge in [-0.2, -0.15) is 0 Å². The van der Waals surface area contributed by atoms with Crippen LogP contribution < -0.4 is 4.90 Å². The second-order valence-electron chi connectivity index (χ2n) is 6.33. The number of hydrogen-bond donors (Lipinski definition) is 0. The molecule has 3 aliphatic rings. The van der Waals surface area contributed by atoms with Crippen LogP contribution in [0.1, 0.15) is 24.8 Å². The second-order valence-corrected chi connectivity index (χ2v) is 6.33. The van der Waals surface area contributed by atoms with Crippen LogP contribution in [0.25, 0.3) is 0 Å². The monoisotopic (exact) mass is 273 g/mol. The van der Waals surface area contributed by atoms with E-state index in [2.05, 4.69) is 0 Å². The van der Waals surface area contributed by atoms with Crippen LogP contribution in [-0.2, 0) is 9.59 Å². The number of halogens is 1. The summed E-state index contributed by atoms with van der Waals surface area (Å²) in [4.78, 5) is 26.5. The molecule has 104 valence electrons. The molecule has 3 fully saturated rings. The Kier molecular flexibility index (Phi) is 2.35. The molecule has 2 bridgehead atoms. The summed E-state index contributed by atoms with van der Waals surface area (Å²) in [5, 5.41) is 0. The Morgan fingerprint density at radius 1 is 1.10 bits per heavy atom. The van der Waals surface area contributed by atoms with Crippen LogP contribution in [0.4, 0.5) is 10.1 Å². The number of fused-ring (bicyclic) bond motifs is 5. The molecule has 1 heterocycles. The highest BCUT2D eigenvalue weighted by Crippen LogP contribution is 2.56. The third-order valence-electron chi connectivity index (χ3n) is 5.34. The van der Waals surface area contributed by atoms with Crippen LogP contribution in [0, 0.1) is 36.4 Å². The van der Waals surface area contributed by atoms with E-state index in [4.69, 9.17) is 0 Å². The van der Waals surface area contributed by atoms with Gasteiger partial charge in [-0.25, -0.2) is 9.29 Å². The molecule has 2 saturated carbocycles. The van der Waals surface area contributed by atoms with Gasteiger partial charge in [0, 0.05) is 0 Å². The van der Waals surface area contributed by atoms with Crippen molar-refractivity contribution in [2.45, 2.75) is 26.2 Å². The lowest BCUT2D eigenvalue weighted by molar-refractivity contribution is -0.123. The van der Waals surface area contributed by atoms with E-state index in [1.807, 2.05) is 0 Å². The summed E-state index contributed by atoms with van der Waals surface area (Å²) in [6.07, 6.45) is 3.13. The summed E-state index contributed by atoms with van der Waals surface area (Å²) in [5.41, 5.74) is 1.19. The lowest BCUT2D eigenvalue weighted by atomic mass is 9.81. The van der Waals surface area contributed by atoms with Gasteiger partial charge in [0.25, 0.3) is 0 Å². The summed E-state index contributed by atoms with van der Waals surface area (Å²) < 4.78 is 13.5. The lowest BCUT2D eigenvalue weighted by Gasteiger charge is -2.19. The zero-order chi connectivity index (χ0) is 14.0. The van der Waals surface area contributed by atoms with Gasteiger partial charge in [-0.15, -0.1) is 0 Å². The lowest BCUT2D eigenvalue weighted by Crippen LogP contribution is -2.33. The second kappa shape index (κ2) is 3.90. The molecule has 3 nitrogen and oxygen atoms in total. The number of imide groups is 1. The zero-order valence-electron chi connectivity index (χ0n) is 11.3. The van der Waals surface area contributed by atoms with Crippen molar-refractivity contribution in [2.75, 3.05) is 4.90 Å². The Morgan fingerprint density at radius 3 is 2.30 bits per heavy atom. The van der Waals surface area contributed by atoms with Gasteiger partial charge in [0.05, 0.1) is 17.5 Å². The number of hydrogen-bond acceptors (Lipinski definition) is 2. The first kappa shape index (κ1) is 12.1. The molecule has 1 aromatic rings. The van der Waals surface area contributed by atoms with Gasteiger partial charge in [-0.1, -0.05) is 6.07 Å². The smallest absolute Gasteiger partial charge is 0.237 e. The van der Waals surface area contributed by atoms with Crippen molar-refractivity contribution in [1.82, 2.24) is 0 Å². The number of rotatable bonds is 1. The normalized spacial score (nSPS) is 35.0. The maximum Gasteiger partial charge on any atom is 0.237 e. The Bertz CT molecular complexity index is 599. The fourth-order valence-corrected chi connectivity index (χ4v) is 4.47. The maximum absolute atomic E-state index is 13.5. The predicted octanol–water partition coefficient (Wildman–Crippen LogP) is 2.67. The van der Waals surface area contributed by atoms with Crippen molar-refractivity contribution >= 4 is 17.5 Å². The molecule has 2 amide bonds. The van der Waals surface area contributed by atoms with Crippen LogP contribution >= 0.6 is 0 Å². The van der Waals surface area contributed by atoms with Crippen molar-refractivity contribution in [2.24, 2.45) is 23.7 Å². The molecule has 20 heavy (non-hydrogen) atoms. The Hall–Kier alpha value is -1.71. The van der Waals surface area contributed by atoms with Crippen LogP contribution in [0.2, 0.25) is 0 Å². The average Bonchev–Trinajstić information content (AvgIpc) is 3.08. The van der Waals surface area contributed by atoms with E-state index in [1.54, 1.807) is 13.0 Å². The molecule has 1 aromatic carbocycles. The van der Waals surface area contributed by atoms with Crippen molar-refractivity contribution in [1.29, 1.82) is 0 Å². The molecule has 0 aromatic heterocycles. The number of carbonyl (C=O) groups is 2. The predicted molar refractivity (Wildman–Crippen MR) is 71.4 cm³/mol. The number of amides is 2. The van der Waals surface area contributed by atoms with Gasteiger partial charge in [0.2, 0.25) is 11.8 Å². The molecule has 0 N–H and O–H groups in total. The molecule has 1 saturated heterocycles. The van der Waals surface area contributed by atoms with Crippen molar-refractivity contribution in [3.05, 3.63) is 29.6 Å². The largest absolute Gasteiger partial charge is 0.274 e. The summed E-state index contributed by atoms with van der Waals surface area (Å²) in [7, 11) is 0. The van der Waals surface area contributed by atoms with Crippen LogP contribution in [0.15, 0.2) is 18.2 Å². The first-order chi connectivity index (χ1) is 9.58. The van der Waals surface area contributed by atoms with E-state index in [-0.39, 0.29) is 23.7 Å². The van der Waals surface area contributed by atoms with Crippen molar-refractivity contribution in [3.63, 3.8) is 0 Å². The van der Waals surface area contributed by atoms with E-state index >= 15 is 0 Å². The Morgan fingerprint density at radius 2 is 1.70 bits per heavy atom. The third kappa shape index (κ3) is 1.39. The minimum absolute atomic E-state index is 0.110. The molecule has 4 rings (SSSR count). The minimum atomic E-state index is -0.411. The van der Waals surface area contributed by atoms with Gasteiger partial charge in [-0.3, -0.25) is 9.59 Å².